The van der Waals surface area contributed by atoms with Crippen molar-refractivity contribution in [2.75, 3.05) is 19.6 Å². The Balaban J connectivity index is 1.34. The van der Waals surface area contributed by atoms with Crippen molar-refractivity contribution in [2.24, 2.45) is 0 Å². The first-order valence-corrected chi connectivity index (χ1v) is 9.75. The average Bonchev–Trinajstić information content (AvgIpc) is 3.36. The van der Waals surface area contributed by atoms with Crippen LogP contribution in [-0.2, 0) is 0 Å². The molecule has 6 nitrogen and oxygen atoms in total. The number of nitrogens with one attached hydrogen (secondary N) is 1. The van der Waals surface area contributed by atoms with E-state index in [4.69, 9.17) is 4.42 Å². The van der Waals surface area contributed by atoms with Crippen LogP contribution >= 0.6 is 0 Å². The van der Waals surface area contributed by atoms with Crippen LogP contribution in [0.5, 0.6) is 0 Å². The first-order chi connectivity index (χ1) is 12.2. The van der Waals surface area contributed by atoms with Gasteiger partial charge in [0.15, 0.2) is 0 Å². The normalized spacial score (nSPS) is 31.1. The molecule has 4 rings (SSSR count). The highest BCUT2D eigenvalue weighted by Gasteiger charge is 2.38. The monoisotopic (exact) mass is 347 g/mol. The predicted octanol–water partition coefficient (Wildman–Crippen LogP) is 2.50. The van der Waals surface area contributed by atoms with E-state index in [0.29, 0.717) is 18.2 Å². The molecule has 4 heterocycles. The molecule has 0 spiro atoms. The van der Waals surface area contributed by atoms with Gasteiger partial charge < -0.3 is 19.7 Å². The van der Waals surface area contributed by atoms with Gasteiger partial charge in [0.05, 0.1) is 6.26 Å². The van der Waals surface area contributed by atoms with Crippen LogP contribution in [0.3, 0.4) is 0 Å². The minimum absolute atomic E-state index is 0.0477. The summed E-state index contributed by atoms with van der Waals surface area (Å²) in [6.07, 6.45) is 8.25. The zero-order valence-electron chi connectivity index (χ0n) is 14.8. The van der Waals surface area contributed by atoms with Gasteiger partial charge in [0.1, 0.15) is 11.9 Å². The quantitative estimate of drug-likeness (QED) is 0.878. The Bertz CT molecular complexity index is 576. The number of likely N-dealkylation sites (tertiary alicyclic amines) is 1. The second-order valence-corrected chi connectivity index (χ2v) is 7.70. The van der Waals surface area contributed by atoms with Crippen LogP contribution in [0.25, 0.3) is 0 Å². The van der Waals surface area contributed by atoms with E-state index in [-0.39, 0.29) is 18.1 Å². The number of carbonyl (C=O) groups is 1. The van der Waals surface area contributed by atoms with Crippen molar-refractivity contribution in [3.8, 4) is 0 Å². The van der Waals surface area contributed by atoms with Gasteiger partial charge in [0.2, 0.25) is 0 Å². The molecule has 4 unspecified atom stereocenters. The molecule has 6 heteroatoms. The standard InChI is InChI=1S/C19H29N3O3/c23-17(18-7-4-12-25-18)13-14-5-3-10-22(14)19(24)20-15-8-11-21-9-2-1-6-16(15)21/h4,7,12,14-17,23H,1-3,5-6,8-11,13H2,(H,20,24). The molecular formula is C19H29N3O3. The lowest BCUT2D eigenvalue weighted by atomic mass is 9.99. The Morgan fingerprint density at radius 2 is 2.16 bits per heavy atom. The number of amides is 2. The molecule has 3 aliphatic heterocycles. The van der Waals surface area contributed by atoms with Gasteiger partial charge in [0.25, 0.3) is 0 Å². The molecule has 2 amide bonds. The van der Waals surface area contributed by atoms with Crippen molar-refractivity contribution >= 4 is 6.03 Å². The molecule has 0 aromatic carbocycles. The number of piperidine rings is 1. The molecule has 3 saturated heterocycles. The molecule has 25 heavy (non-hydrogen) atoms. The van der Waals surface area contributed by atoms with E-state index >= 15 is 0 Å². The van der Waals surface area contributed by atoms with Gasteiger partial charge in [-0.3, -0.25) is 4.90 Å². The summed E-state index contributed by atoms with van der Waals surface area (Å²) in [5.41, 5.74) is 0. The van der Waals surface area contributed by atoms with Crippen LogP contribution in [0, 0.1) is 0 Å². The van der Waals surface area contributed by atoms with Crippen molar-refractivity contribution in [3.63, 3.8) is 0 Å². The van der Waals surface area contributed by atoms with Crippen LogP contribution < -0.4 is 5.32 Å². The number of urea groups is 1. The number of hydrogen-bond acceptors (Lipinski definition) is 4. The summed E-state index contributed by atoms with van der Waals surface area (Å²) in [6.45, 7) is 3.07. The average molecular weight is 347 g/mol. The van der Waals surface area contributed by atoms with Crippen molar-refractivity contribution in [1.29, 1.82) is 0 Å². The van der Waals surface area contributed by atoms with Gasteiger partial charge in [-0.15, -0.1) is 0 Å². The zero-order valence-corrected chi connectivity index (χ0v) is 14.8. The Morgan fingerprint density at radius 1 is 1.24 bits per heavy atom. The van der Waals surface area contributed by atoms with Gasteiger partial charge in [-0.1, -0.05) is 6.42 Å². The topological polar surface area (TPSA) is 69.0 Å². The second kappa shape index (κ2) is 7.38. The fourth-order valence-corrected chi connectivity index (χ4v) is 4.86. The van der Waals surface area contributed by atoms with Gasteiger partial charge >= 0.3 is 6.03 Å². The number of aliphatic hydroxyl groups is 1. The zero-order chi connectivity index (χ0) is 17.2. The fourth-order valence-electron chi connectivity index (χ4n) is 4.86. The summed E-state index contributed by atoms with van der Waals surface area (Å²) in [5, 5.41) is 13.6. The smallest absolute Gasteiger partial charge is 0.317 e. The number of fused-ring (bicyclic) bond motifs is 1. The lowest BCUT2D eigenvalue weighted by Crippen LogP contribution is -2.51. The number of furan rings is 1. The van der Waals surface area contributed by atoms with Crippen LogP contribution in [0.2, 0.25) is 0 Å². The van der Waals surface area contributed by atoms with Crippen molar-refractivity contribution in [2.45, 2.75) is 69.2 Å². The van der Waals surface area contributed by atoms with E-state index in [1.54, 1.807) is 18.4 Å². The highest BCUT2D eigenvalue weighted by molar-refractivity contribution is 5.75. The Labute approximate surface area is 149 Å². The number of carbonyl (C=O) groups excluding carboxylic acids is 1. The maximum atomic E-state index is 12.8. The van der Waals surface area contributed by atoms with Crippen LogP contribution in [-0.4, -0.2) is 58.7 Å². The summed E-state index contributed by atoms with van der Waals surface area (Å²) in [4.78, 5) is 17.3. The van der Waals surface area contributed by atoms with Crippen molar-refractivity contribution in [3.05, 3.63) is 24.2 Å². The van der Waals surface area contributed by atoms with Gasteiger partial charge in [-0.25, -0.2) is 4.79 Å². The molecule has 0 aliphatic carbocycles. The Hall–Kier alpha value is -1.53. The molecule has 2 N–H and O–H groups in total. The van der Waals surface area contributed by atoms with E-state index in [9.17, 15) is 9.90 Å². The van der Waals surface area contributed by atoms with E-state index in [1.807, 2.05) is 4.90 Å². The minimum Gasteiger partial charge on any atom is -0.467 e. The third-order valence-corrected chi connectivity index (χ3v) is 6.17. The highest BCUT2D eigenvalue weighted by Crippen LogP contribution is 2.30. The Morgan fingerprint density at radius 3 is 3.00 bits per heavy atom. The lowest BCUT2D eigenvalue weighted by molar-refractivity contribution is 0.106. The first kappa shape index (κ1) is 16.9. The largest absolute Gasteiger partial charge is 0.467 e. The lowest BCUT2D eigenvalue weighted by Gasteiger charge is -2.34. The number of nitrogens with zero attached hydrogens (tertiary/aromatic N) is 2. The molecule has 0 radical (unpaired) electrons. The van der Waals surface area contributed by atoms with Gasteiger partial charge in [0, 0.05) is 37.6 Å². The summed E-state index contributed by atoms with van der Waals surface area (Å²) in [6, 6.07) is 4.51. The Kier molecular flexibility index (Phi) is 4.99. The maximum absolute atomic E-state index is 12.8. The van der Waals surface area contributed by atoms with Crippen LogP contribution in [0.15, 0.2) is 22.8 Å². The first-order valence-electron chi connectivity index (χ1n) is 9.75. The van der Waals surface area contributed by atoms with Gasteiger partial charge in [-0.2, -0.15) is 0 Å². The van der Waals surface area contributed by atoms with Crippen molar-refractivity contribution in [1.82, 2.24) is 15.1 Å². The molecule has 138 valence electrons. The summed E-state index contributed by atoms with van der Waals surface area (Å²) < 4.78 is 5.29. The summed E-state index contributed by atoms with van der Waals surface area (Å²) in [5.74, 6) is 0.584. The third kappa shape index (κ3) is 3.55. The number of aliphatic hydroxyl groups excluding tert-OH is 1. The van der Waals surface area contributed by atoms with Crippen LogP contribution in [0.1, 0.15) is 56.8 Å². The van der Waals surface area contributed by atoms with Crippen LogP contribution in [0.4, 0.5) is 4.79 Å². The molecule has 0 bridgehead atoms. The molecular weight excluding hydrogens is 318 g/mol. The molecule has 1 aromatic rings. The second-order valence-electron chi connectivity index (χ2n) is 7.70. The molecule has 0 saturated carbocycles. The minimum atomic E-state index is -0.645. The third-order valence-electron chi connectivity index (χ3n) is 6.17. The van der Waals surface area contributed by atoms with E-state index in [0.717, 1.165) is 32.4 Å². The molecule has 1 aromatic heterocycles. The molecule has 3 fully saturated rings. The SMILES string of the molecule is O=C(NC1CCN2CCCCC12)N1CCCC1CC(O)c1ccco1. The maximum Gasteiger partial charge on any atom is 0.317 e. The number of hydrogen-bond donors (Lipinski definition) is 2. The fraction of sp³-hybridized carbons (Fsp3) is 0.737. The summed E-state index contributed by atoms with van der Waals surface area (Å²) >= 11 is 0. The van der Waals surface area contributed by atoms with E-state index in [2.05, 4.69) is 10.2 Å². The highest BCUT2D eigenvalue weighted by atomic mass is 16.4. The van der Waals surface area contributed by atoms with E-state index in [1.165, 1.54) is 25.8 Å². The van der Waals surface area contributed by atoms with Gasteiger partial charge in [-0.05, 0) is 50.8 Å². The summed E-state index contributed by atoms with van der Waals surface area (Å²) in [7, 11) is 0. The predicted molar refractivity (Wildman–Crippen MR) is 94.2 cm³/mol. The van der Waals surface area contributed by atoms with E-state index < -0.39 is 6.10 Å². The number of rotatable bonds is 4. The molecule has 3 aliphatic rings. The van der Waals surface area contributed by atoms with Crippen molar-refractivity contribution < 1.29 is 14.3 Å². The molecule has 4 atom stereocenters.